The van der Waals surface area contributed by atoms with Gasteiger partial charge in [-0.15, -0.1) is 0 Å². The lowest BCUT2D eigenvalue weighted by atomic mass is 9.77. The van der Waals surface area contributed by atoms with Crippen LogP contribution in [-0.2, 0) is 11.3 Å². The van der Waals surface area contributed by atoms with Crippen LogP contribution in [0, 0.1) is 17.3 Å². The molecule has 0 saturated carbocycles. The molecule has 0 fully saturated rings. The maximum Gasteiger partial charge on any atom is 0.231 e. The van der Waals surface area contributed by atoms with Gasteiger partial charge in [-0.2, -0.15) is 9.97 Å². The lowest BCUT2D eigenvalue weighted by Crippen LogP contribution is -2.20. The highest BCUT2D eigenvalue weighted by Crippen LogP contribution is 2.33. The van der Waals surface area contributed by atoms with Crippen LogP contribution in [0.5, 0.6) is 5.75 Å². The number of benzene rings is 1. The maximum atomic E-state index is 5.78. The predicted molar refractivity (Wildman–Crippen MR) is 125 cm³/mol. The molecule has 1 heterocycles. The minimum absolute atomic E-state index is 0.242. The Kier molecular flexibility index (Phi) is 7.44. The molecule has 0 spiro atoms. The van der Waals surface area contributed by atoms with Crippen molar-refractivity contribution in [2.24, 2.45) is 17.3 Å². The molecule has 0 saturated heterocycles. The number of hydrogen-bond acceptors (Lipinski definition) is 6. The quantitative estimate of drug-likeness (QED) is 0.594. The fourth-order valence-corrected chi connectivity index (χ4v) is 3.30. The second kappa shape index (κ2) is 10.1. The predicted octanol–water partition coefficient (Wildman–Crippen LogP) is 5.64. The van der Waals surface area contributed by atoms with E-state index in [9.17, 15) is 0 Å². The Morgan fingerprint density at radius 2 is 1.97 bits per heavy atom. The molecule has 2 aromatic rings. The minimum Gasteiger partial charge on any atom is -0.497 e. The number of methoxy groups -OCH3 is 1. The van der Waals surface area contributed by atoms with Gasteiger partial charge in [0.2, 0.25) is 5.95 Å². The van der Waals surface area contributed by atoms with Crippen molar-refractivity contribution in [3.8, 4) is 17.1 Å². The van der Waals surface area contributed by atoms with Gasteiger partial charge in [0.15, 0.2) is 11.6 Å². The fourth-order valence-electron chi connectivity index (χ4n) is 3.30. The molecule has 0 bridgehead atoms. The first kappa shape index (κ1) is 22.9. The molecule has 3 rings (SSSR count). The number of hydrogen-bond donors (Lipinski definition) is 1. The summed E-state index contributed by atoms with van der Waals surface area (Å²) in [5.41, 5.74) is 2.11. The van der Waals surface area contributed by atoms with Crippen LogP contribution < -0.4 is 10.1 Å². The monoisotopic (exact) mass is 422 g/mol. The highest BCUT2D eigenvalue weighted by atomic mass is 16.5. The fraction of sp³-hybridized carbons (Fsp3) is 0.480. The van der Waals surface area contributed by atoms with Crippen molar-refractivity contribution in [2.45, 2.75) is 47.6 Å². The third kappa shape index (κ3) is 6.62. The molecular formula is C25H34N4O2. The number of allylic oxidation sites excluding steroid dienone is 3. The van der Waals surface area contributed by atoms with Gasteiger partial charge >= 0.3 is 0 Å². The maximum absolute atomic E-state index is 5.78. The second-order valence-corrected chi connectivity index (χ2v) is 9.39. The summed E-state index contributed by atoms with van der Waals surface area (Å²) in [6.07, 6.45) is 7.57. The largest absolute Gasteiger partial charge is 0.497 e. The smallest absolute Gasteiger partial charge is 0.231 e. The van der Waals surface area contributed by atoms with Gasteiger partial charge in [0.05, 0.1) is 7.11 Å². The van der Waals surface area contributed by atoms with Gasteiger partial charge in [-0.1, -0.05) is 58.9 Å². The van der Waals surface area contributed by atoms with Crippen molar-refractivity contribution < 1.29 is 9.47 Å². The van der Waals surface area contributed by atoms with E-state index >= 15 is 0 Å². The summed E-state index contributed by atoms with van der Waals surface area (Å²) in [5, 5.41) is 3.36. The van der Waals surface area contributed by atoms with E-state index in [0.717, 1.165) is 23.4 Å². The lowest BCUT2D eigenvalue weighted by Gasteiger charge is -2.29. The van der Waals surface area contributed by atoms with Crippen molar-refractivity contribution in [2.75, 3.05) is 19.0 Å². The number of ether oxygens (including phenoxy) is 2. The molecule has 0 radical (unpaired) electrons. The molecule has 0 aliphatic heterocycles. The summed E-state index contributed by atoms with van der Waals surface area (Å²) in [7, 11) is 1.65. The van der Waals surface area contributed by atoms with E-state index in [1.54, 1.807) is 7.11 Å². The van der Waals surface area contributed by atoms with Gasteiger partial charge in [0.25, 0.3) is 0 Å². The van der Waals surface area contributed by atoms with E-state index in [4.69, 9.17) is 9.47 Å². The normalized spacial score (nSPS) is 16.4. The summed E-state index contributed by atoms with van der Waals surface area (Å²) < 4.78 is 11.1. The Morgan fingerprint density at radius 1 is 1.16 bits per heavy atom. The molecular weight excluding hydrogens is 388 g/mol. The molecule has 1 aromatic carbocycles. The van der Waals surface area contributed by atoms with Gasteiger partial charge in [-0.25, -0.2) is 4.98 Å². The zero-order chi connectivity index (χ0) is 22.4. The van der Waals surface area contributed by atoms with Crippen molar-refractivity contribution in [3.63, 3.8) is 0 Å². The highest BCUT2D eigenvalue weighted by Gasteiger charge is 2.23. The Bertz CT molecular complexity index is 945. The van der Waals surface area contributed by atoms with E-state index in [2.05, 4.69) is 73.1 Å². The Hall–Kier alpha value is -2.73. The van der Waals surface area contributed by atoms with Crippen molar-refractivity contribution in [1.82, 2.24) is 15.0 Å². The molecule has 1 atom stereocenters. The average molecular weight is 423 g/mol. The summed E-state index contributed by atoms with van der Waals surface area (Å²) in [4.78, 5) is 13.9. The van der Waals surface area contributed by atoms with Gasteiger partial charge in [0.1, 0.15) is 12.4 Å². The van der Waals surface area contributed by atoms with Crippen LogP contribution in [0.3, 0.4) is 0 Å². The first-order valence-electron chi connectivity index (χ1n) is 10.9. The van der Waals surface area contributed by atoms with Crippen LogP contribution in [0.2, 0.25) is 0 Å². The van der Waals surface area contributed by atoms with Gasteiger partial charge in [-0.05, 0) is 41.9 Å². The molecule has 1 aliphatic carbocycles. The van der Waals surface area contributed by atoms with Crippen LogP contribution in [0.15, 0.2) is 48.2 Å². The molecule has 166 valence electrons. The third-order valence-corrected chi connectivity index (χ3v) is 5.16. The van der Waals surface area contributed by atoms with Gasteiger partial charge in [-0.3, -0.25) is 0 Å². The van der Waals surface area contributed by atoms with Crippen molar-refractivity contribution >= 4 is 5.95 Å². The molecule has 31 heavy (non-hydrogen) atoms. The Balaban J connectivity index is 1.84. The van der Waals surface area contributed by atoms with E-state index in [1.807, 2.05) is 24.3 Å². The summed E-state index contributed by atoms with van der Waals surface area (Å²) in [6, 6.07) is 7.72. The molecule has 1 N–H and O–H groups in total. The zero-order valence-corrected chi connectivity index (χ0v) is 19.5. The van der Waals surface area contributed by atoms with Gasteiger partial charge < -0.3 is 14.8 Å². The van der Waals surface area contributed by atoms with Gasteiger partial charge in [0, 0.05) is 17.9 Å². The van der Waals surface area contributed by atoms with Crippen LogP contribution in [0.4, 0.5) is 5.95 Å². The molecule has 1 aliphatic rings. The van der Waals surface area contributed by atoms with Crippen LogP contribution in [-0.4, -0.2) is 28.7 Å². The molecule has 0 amide bonds. The van der Waals surface area contributed by atoms with E-state index in [-0.39, 0.29) is 5.41 Å². The number of nitrogens with one attached hydrogen (secondary N) is 1. The standard InChI is InChI=1S/C25H34N4O2/c1-17(2)15-31-16-22-27-23(18-8-7-9-21(14-18)30-6)29-24(28-22)26-20-12-10-19(11-13-20)25(3,4)5/h7-10,12-14,17,19H,11,15-16H2,1-6H3,(H,26,27,28,29). The third-order valence-electron chi connectivity index (χ3n) is 5.16. The summed E-state index contributed by atoms with van der Waals surface area (Å²) >= 11 is 0. The SMILES string of the molecule is COc1cccc(-c2nc(COCC(C)C)nc(NC3=CCC(C(C)(C)C)C=C3)n2)c1. The number of aromatic nitrogens is 3. The van der Waals surface area contributed by atoms with Crippen molar-refractivity contribution in [3.05, 3.63) is 54.0 Å². The number of anilines is 1. The zero-order valence-electron chi connectivity index (χ0n) is 19.5. The topological polar surface area (TPSA) is 69.2 Å². The van der Waals surface area contributed by atoms with E-state index < -0.39 is 0 Å². The Morgan fingerprint density at radius 3 is 2.61 bits per heavy atom. The van der Waals surface area contributed by atoms with Crippen LogP contribution in [0.25, 0.3) is 11.4 Å². The Labute approximate surface area is 185 Å². The van der Waals surface area contributed by atoms with Crippen LogP contribution in [0.1, 0.15) is 46.9 Å². The molecule has 6 heteroatoms. The minimum atomic E-state index is 0.242. The van der Waals surface area contributed by atoms with E-state index in [1.165, 1.54) is 0 Å². The van der Waals surface area contributed by atoms with E-state index in [0.29, 0.717) is 42.6 Å². The summed E-state index contributed by atoms with van der Waals surface area (Å²) in [5.74, 6) is 3.43. The lowest BCUT2D eigenvalue weighted by molar-refractivity contribution is 0.0923. The molecule has 1 unspecified atom stereocenters. The highest BCUT2D eigenvalue weighted by molar-refractivity contribution is 5.59. The first-order chi connectivity index (χ1) is 14.7. The number of nitrogens with zero attached hydrogens (tertiary/aromatic N) is 3. The second-order valence-electron chi connectivity index (χ2n) is 9.39. The summed E-state index contributed by atoms with van der Waals surface area (Å²) in [6.45, 7) is 12.0. The molecule has 6 nitrogen and oxygen atoms in total. The molecule has 1 aromatic heterocycles. The van der Waals surface area contributed by atoms with Crippen LogP contribution >= 0.6 is 0 Å². The average Bonchev–Trinajstić information content (AvgIpc) is 2.73. The first-order valence-corrected chi connectivity index (χ1v) is 10.9. The van der Waals surface area contributed by atoms with Crippen molar-refractivity contribution in [1.29, 1.82) is 0 Å². The number of rotatable bonds is 8.